The van der Waals surface area contributed by atoms with Gasteiger partial charge >= 0.3 is 0 Å². The molecule has 0 amide bonds. The van der Waals surface area contributed by atoms with Crippen molar-refractivity contribution in [3.63, 3.8) is 0 Å². The normalized spacial score (nSPS) is 10.9. The monoisotopic (exact) mass is 264 g/mol. The molecule has 0 saturated carbocycles. The molecule has 0 aliphatic carbocycles. The van der Waals surface area contributed by atoms with E-state index in [0.717, 1.165) is 24.0 Å². The lowest BCUT2D eigenvalue weighted by Crippen LogP contribution is -1.94. The van der Waals surface area contributed by atoms with Gasteiger partial charge in [0.1, 0.15) is 11.5 Å². The van der Waals surface area contributed by atoms with Crippen LogP contribution in [-0.4, -0.2) is 10.2 Å². The highest BCUT2D eigenvalue weighted by Gasteiger charge is 2.13. The number of rotatable bonds is 8. The van der Waals surface area contributed by atoms with Crippen LogP contribution < -0.4 is 0 Å². The molecule has 0 heterocycles. The third-order valence-electron chi connectivity index (χ3n) is 3.79. The maximum Gasteiger partial charge on any atom is 0.125 e. The van der Waals surface area contributed by atoms with Gasteiger partial charge in [-0.2, -0.15) is 0 Å². The second-order valence-electron chi connectivity index (χ2n) is 5.40. The Hall–Kier alpha value is -1.18. The summed E-state index contributed by atoms with van der Waals surface area (Å²) < 4.78 is 0. The Balaban J connectivity index is 2.56. The molecule has 2 N–H and O–H groups in total. The van der Waals surface area contributed by atoms with E-state index < -0.39 is 0 Å². The van der Waals surface area contributed by atoms with Crippen molar-refractivity contribution in [1.29, 1.82) is 0 Å². The maximum absolute atomic E-state index is 10.2. The van der Waals surface area contributed by atoms with Crippen molar-refractivity contribution >= 4 is 0 Å². The zero-order chi connectivity index (χ0) is 14.3. The molecule has 1 aromatic carbocycles. The van der Waals surface area contributed by atoms with E-state index in [9.17, 15) is 10.2 Å². The molecule has 108 valence electrons. The van der Waals surface area contributed by atoms with Gasteiger partial charge in [-0.15, -0.1) is 0 Å². The van der Waals surface area contributed by atoms with Crippen LogP contribution in [0.4, 0.5) is 0 Å². The van der Waals surface area contributed by atoms with Gasteiger partial charge in [-0.3, -0.25) is 0 Å². The zero-order valence-corrected chi connectivity index (χ0v) is 12.6. The van der Waals surface area contributed by atoms with E-state index in [-0.39, 0.29) is 5.75 Å². The van der Waals surface area contributed by atoms with Gasteiger partial charge in [0.05, 0.1) is 0 Å². The van der Waals surface area contributed by atoms with Crippen LogP contribution in [0.15, 0.2) is 6.07 Å². The molecule has 0 aromatic heterocycles. The fourth-order valence-corrected chi connectivity index (χ4v) is 2.56. The first-order chi connectivity index (χ1) is 9.11. The Bertz CT molecular complexity index is 397. The van der Waals surface area contributed by atoms with E-state index in [1.807, 2.05) is 19.9 Å². The van der Waals surface area contributed by atoms with Crippen LogP contribution in [-0.2, 0) is 12.8 Å². The predicted octanol–water partition coefficient (Wildman–Crippen LogP) is 4.87. The first kappa shape index (κ1) is 15.9. The summed E-state index contributed by atoms with van der Waals surface area (Å²) in [5, 5.41) is 20.1. The molecule has 0 fully saturated rings. The fourth-order valence-electron chi connectivity index (χ4n) is 2.56. The van der Waals surface area contributed by atoms with Crippen LogP contribution >= 0.6 is 0 Å². The minimum atomic E-state index is 0.256. The molecule has 0 aliphatic heterocycles. The lowest BCUT2D eigenvalue weighted by atomic mass is 9.97. The van der Waals surface area contributed by atoms with Crippen molar-refractivity contribution in [3.05, 3.63) is 22.8 Å². The maximum atomic E-state index is 10.2. The largest absolute Gasteiger partial charge is 0.507 e. The minimum Gasteiger partial charge on any atom is -0.507 e. The van der Waals surface area contributed by atoms with E-state index >= 15 is 0 Å². The Morgan fingerprint density at radius 2 is 1.53 bits per heavy atom. The van der Waals surface area contributed by atoms with Crippen molar-refractivity contribution < 1.29 is 10.2 Å². The summed E-state index contributed by atoms with van der Waals surface area (Å²) in [4.78, 5) is 0. The van der Waals surface area contributed by atoms with Gasteiger partial charge in [-0.1, -0.05) is 46.0 Å². The van der Waals surface area contributed by atoms with Gasteiger partial charge < -0.3 is 10.2 Å². The topological polar surface area (TPSA) is 40.5 Å². The van der Waals surface area contributed by atoms with Crippen LogP contribution in [0.5, 0.6) is 11.5 Å². The highest BCUT2D eigenvalue weighted by molar-refractivity contribution is 5.52. The van der Waals surface area contributed by atoms with Gasteiger partial charge in [-0.05, 0) is 43.4 Å². The van der Waals surface area contributed by atoms with E-state index in [0.29, 0.717) is 17.7 Å². The molecule has 1 aromatic rings. The molecule has 0 bridgehead atoms. The molecule has 0 atom stereocenters. The molecule has 2 nitrogen and oxygen atoms in total. The predicted molar refractivity (Wildman–Crippen MR) is 81.0 cm³/mol. The highest BCUT2D eigenvalue weighted by Crippen LogP contribution is 2.35. The van der Waals surface area contributed by atoms with Gasteiger partial charge in [0.25, 0.3) is 0 Å². The van der Waals surface area contributed by atoms with E-state index in [1.165, 1.54) is 32.1 Å². The Kier molecular flexibility index (Phi) is 6.75. The number of aromatic hydroxyl groups is 2. The van der Waals surface area contributed by atoms with E-state index in [1.54, 1.807) is 0 Å². The standard InChI is InChI=1S/C17H28O2/c1-4-6-7-8-9-10-11-14-12-13(3)16(18)15(5-2)17(14)19/h12,18-19H,4-11H2,1-3H3. The van der Waals surface area contributed by atoms with Crippen molar-refractivity contribution in [2.45, 2.75) is 72.1 Å². The van der Waals surface area contributed by atoms with Gasteiger partial charge in [0.15, 0.2) is 0 Å². The quantitative estimate of drug-likeness (QED) is 0.657. The van der Waals surface area contributed by atoms with Crippen molar-refractivity contribution in [1.82, 2.24) is 0 Å². The number of phenolic OH excluding ortho intramolecular Hbond substituents is 2. The SMILES string of the molecule is CCCCCCCCc1cc(C)c(O)c(CC)c1O. The summed E-state index contributed by atoms with van der Waals surface area (Å²) in [7, 11) is 0. The summed E-state index contributed by atoms with van der Waals surface area (Å²) in [6, 6.07) is 1.93. The molecule has 0 aliphatic rings. The third kappa shape index (κ3) is 4.45. The third-order valence-corrected chi connectivity index (χ3v) is 3.79. The molecule has 0 saturated heterocycles. The molecule has 19 heavy (non-hydrogen) atoms. The Morgan fingerprint density at radius 3 is 2.16 bits per heavy atom. The van der Waals surface area contributed by atoms with Gasteiger partial charge in [0, 0.05) is 5.56 Å². The lowest BCUT2D eigenvalue weighted by Gasteiger charge is -2.13. The van der Waals surface area contributed by atoms with Crippen LogP contribution in [0.3, 0.4) is 0 Å². The Morgan fingerprint density at radius 1 is 0.895 bits per heavy atom. The van der Waals surface area contributed by atoms with E-state index in [2.05, 4.69) is 6.92 Å². The highest BCUT2D eigenvalue weighted by atomic mass is 16.3. The molecule has 0 spiro atoms. The second-order valence-corrected chi connectivity index (χ2v) is 5.40. The first-order valence-corrected chi connectivity index (χ1v) is 7.65. The van der Waals surface area contributed by atoms with Crippen LogP contribution in [0, 0.1) is 6.92 Å². The Labute approximate surface area is 117 Å². The summed E-state index contributed by atoms with van der Waals surface area (Å²) in [6.45, 7) is 6.09. The van der Waals surface area contributed by atoms with Crippen molar-refractivity contribution in [2.24, 2.45) is 0 Å². The van der Waals surface area contributed by atoms with Crippen molar-refractivity contribution in [3.8, 4) is 11.5 Å². The molecule has 0 radical (unpaired) electrons. The van der Waals surface area contributed by atoms with Crippen LogP contribution in [0.25, 0.3) is 0 Å². The number of hydrogen-bond donors (Lipinski definition) is 2. The number of phenols is 2. The molecule has 1 rings (SSSR count). The summed E-state index contributed by atoms with van der Waals surface area (Å²) in [5.74, 6) is 0.561. The van der Waals surface area contributed by atoms with Gasteiger partial charge in [-0.25, -0.2) is 0 Å². The summed E-state index contributed by atoms with van der Waals surface area (Å²) in [6.07, 6.45) is 9.12. The minimum absolute atomic E-state index is 0.256. The first-order valence-electron chi connectivity index (χ1n) is 7.65. The number of aryl methyl sites for hydroxylation is 2. The number of hydrogen-bond acceptors (Lipinski definition) is 2. The van der Waals surface area contributed by atoms with Crippen LogP contribution in [0.1, 0.15) is 69.1 Å². The average molecular weight is 264 g/mol. The lowest BCUT2D eigenvalue weighted by molar-refractivity contribution is 0.431. The zero-order valence-electron chi connectivity index (χ0n) is 12.6. The molecule has 2 heteroatoms. The summed E-state index contributed by atoms with van der Waals surface area (Å²) in [5.41, 5.74) is 2.55. The van der Waals surface area contributed by atoms with E-state index in [4.69, 9.17) is 0 Å². The van der Waals surface area contributed by atoms with Gasteiger partial charge in [0.2, 0.25) is 0 Å². The number of benzene rings is 1. The average Bonchev–Trinajstić information content (AvgIpc) is 2.40. The van der Waals surface area contributed by atoms with Crippen LogP contribution in [0.2, 0.25) is 0 Å². The molecular weight excluding hydrogens is 236 g/mol. The molecular formula is C17H28O2. The number of unbranched alkanes of at least 4 members (excludes halogenated alkanes) is 5. The summed E-state index contributed by atoms with van der Waals surface area (Å²) >= 11 is 0. The van der Waals surface area contributed by atoms with Crippen molar-refractivity contribution in [2.75, 3.05) is 0 Å². The fraction of sp³-hybridized carbons (Fsp3) is 0.647. The smallest absolute Gasteiger partial charge is 0.125 e. The molecule has 0 unspecified atom stereocenters. The second kappa shape index (κ2) is 8.08.